The second kappa shape index (κ2) is 9.30. The number of benzene rings is 2. The molecule has 8 nitrogen and oxygen atoms in total. The van der Waals surface area contributed by atoms with Gasteiger partial charge in [0.15, 0.2) is 0 Å². The highest BCUT2D eigenvalue weighted by atomic mass is 32.2. The molecular weight excluding hydrogens is 418 g/mol. The van der Waals surface area contributed by atoms with E-state index in [0.717, 1.165) is 5.56 Å². The van der Waals surface area contributed by atoms with Crippen LogP contribution in [0, 0.1) is 6.92 Å². The van der Waals surface area contributed by atoms with Crippen LogP contribution in [0.3, 0.4) is 0 Å². The smallest absolute Gasteiger partial charge is 0.261 e. The van der Waals surface area contributed by atoms with Crippen molar-refractivity contribution in [3.8, 4) is 0 Å². The molecule has 1 heterocycles. The lowest BCUT2D eigenvalue weighted by Gasteiger charge is -2.36. The molecule has 0 aliphatic carbocycles. The van der Waals surface area contributed by atoms with Crippen molar-refractivity contribution in [2.45, 2.75) is 24.1 Å². The molecular formula is C22H25N3O5S. The molecule has 0 radical (unpaired) electrons. The van der Waals surface area contributed by atoms with E-state index in [0.29, 0.717) is 13.1 Å². The Morgan fingerprint density at radius 1 is 0.871 bits per heavy atom. The van der Waals surface area contributed by atoms with Crippen LogP contribution >= 0.6 is 0 Å². The summed E-state index contributed by atoms with van der Waals surface area (Å²) in [5.41, 5.74) is 1.12. The number of carbonyl (C=O) groups is 3. The van der Waals surface area contributed by atoms with Crippen molar-refractivity contribution in [2.24, 2.45) is 0 Å². The normalized spacial score (nSPS) is 15.3. The predicted octanol–water partition coefficient (Wildman–Crippen LogP) is 1.22. The highest BCUT2D eigenvalue weighted by Gasteiger charge is 2.39. The van der Waals surface area contributed by atoms with Crippen LogP contribution in [0.1, 0.15) is 22.8 Å². The molecule has 1 aliphatic rings. The van der Waals surface area contributed by atoms with Gasteiger partial charge < -0.3 is 15.1 Å². The van der Waals surface area contributed by atoms with Gasteiger partial charge in [0.25, 0.3) is 11.8 Å². The lowest BCUT2D eigenvalue weighted by molar-refractivity contribution is -0.138. The molecule has 1 saturated heterocycles. The largest absolute Gasteiger partial charge is 0.339 e. The number of amides is 3. The summed E-state index contributed by atoms with van der Waals surface area (Å²) in [5.74, 6) is -1.47. The molecule has 1 fully saturated rings. The van der Waals surface area contributed by atoms with Crippen LogP contribution in [-0.2, 0) is 19.4 Å². The zero-order valence-corrected chi connectivity index (χ0v) is 18.3. The second-order valence-corrected chi connectivity index (χ2v) is 9.44. The van der Waals surface area contributed by atoms with Gasteiger partial charge in [0.1, 0.15) is 0 Å². The zero-order chi connectivity index (χ0) is 22.6. The highest BCUT2D eigenvalue weighted by Crippen LogP contribution is 2.19. The summed E-state index contributed by atoms with van der Waals surface area (Å²) in [6.07, 6.45) is 0. The summed E-state index contributed by atoms with van der Waals surface area (Å²) in [5, 5.41) is 0.648. The van der Waals surface area contributed by atoms with E-state index in [2.05, 4.69) is 5.32 Å². The summed E-state index contributed by atoms with van der Waals surface area (Å²) in [4.78, 5) is 40.4. The number of aryl methyl sites for hydroxylation is 1. The van der Waals surface area contributed by atoms with E-state index >= 15 is 0 Å². The van der Waals surface area contributed by atoms with Gasteiger partial charge in [0, 0.05) is 38.7 Å². The molecule has 1 atom stereocenters. The van der Waals surface area contributed by atoms with Gasteiger partial charge in [-0.05, 0) is 31.2 Å². The Bertz CT molecular complexity index is 1060. The summed E-state index contributed by atoms with van der Waals surface area (Å²) in [6, 6.07) is 14.3. The molecule has 164 valence electrons. The van der Waals surface area contributed by atoms with E-state index in [1.807, 2.05) is 6.92 Å². The standard InChI is InChI=1S/C22H25N3O5S/c1-16-8-10-19(11-9-16)31(29,30)21(23-20(27)18-6-4-3-5-7-18)22(28)25-14-12-24(13-15-25)17(2)26/h3-11,21H,12-15H2,1-2H3,(H,23,27)/t21-/m1/s1. The minimum atomic E-state index is -4.20. The van der Waals surface area contributed by atoms with E-state index in [9.17, 15) is 22.8 Å². The summed E-state index contributed by atoms with van der Waals surface area (Å²) < 4.78 is 26.7. The first kappa shape index (κ1) is 22.5. The Hall–Kier alpha value is -3.20. The average molecular weight is 444 g/mol. The third kappa shape index (κ3) is 5.11. The SMILES string of the molecule is CC(=O)N1CCN(C(=O)[C@H](NC(=O)c2ccccc2)S(=O)(=O)c2ccc(C)cc2)CC1. The first-order valence-corrected chi connectivity index (χ1v) is 11.5. The molecule has 2 aromatic rings. The van der Waals surface area contributed by atoms with E-state index < -0.39 is 27.0 Å². The minimum absolute atomic E-state index is 0.0489. The maximum atomic E-state index is 13.3. The molecule has 1 N–H and O–H groups in total. The van der Waals surface area contributed by atoms with Crippen LogP contribution in [0.4, 0.5) is 0 Å². The highest BCUT2D eigenvalue weighted by molar-refractivity contribution is 7.92. The predicted molar refractivity (Wildman–Crippen MR) is 115 cm³/mol. The van der Waals surface area contributed by atoms with Crippen molar-refractivity contribution in [3.63, 3.8) is 0 Å². The number of nitrogens with zero attached hydrogens (tertiary/aromatic N) is 2. The second-order valence-electron chi connectivity index (χ2n) is 7.41. The van der Waals surface area contributed by atoms with Gasteiger partial charge in [-0.3, -0.25) is 14.4 Å². The number of hydrogen-bond donors (Lipinski definition) is 1. The van der Waals surface area contributed by atoms with Gasteiger partial charge in [-0.15, -0.1) is 0 Å². The first-order valence-electron chi connectivity index (χ1n) is 9.91. The van der Waals surface area contributed by atoms with Crippen molar-refractivity contribution in [1.29, 1.82) is 0 Å². The number of nitrogens with one attached hydrogen (secondary N) is 1. The Kier molecular flexibility index (Phi) is 6.74. The van der Waals surface area contributed by atoms with Gasteiger partial charge in [-0.25, -0.2) is 8.42 Å². The Morgan fingerprint density at radius 2 is 1.42 bits per heavy atom. The molecule has 0 aromatic heterocycles. The van der Waals surface area contributed by atoms with Crippen LogP contribution in [0.5, 0.6) is 0 Å². The van der Waals surface area contributed by atoms with Crippen molar-refractivity contribution in [3.05, 3.63) is 65.7 Å². The monoisotopic (exact) mass is 443 g/mol. The van der Waals surface area contributed by atoms with Gasteiger partial charge >= 0.3 is 0 Å². The fourth-order valence-electron chi connectivity index (χ4n) is 3.34. The van der Waals surface area contributed by atoms with Crippen LogP contribution in [0.15, 0.2) is 59.5 Å². The van der Waals surface area contributed by atoms with Crippen molar-refractivity contribution < 1.29 is 22.8 Å². The van der Waals surface area contributed by atoms with Crippen LogP contribution < -0.4 is 5.32 Å². The molecule has 9 heteroatoms. The molecule has 2 aromatic carbocycles. The maximum Gasteiger partial charge on any atom is 0.261 e. The summed E-state index contributed by atoms with van der Waals surface area (Å²) >= 11 is 0. The Labute approximate surface area is 181 Å². The lowest BCUT2D eigenvalue weighted by atomic mass is 10.2. The fraction of sp³-hybridized carbons (Fsp3) is 0.318. The molecule has 0 unspecified atom stereocenters. The minimum Gasteiger partial charge on any atom is -0.339 e. The Balaban J connectivity index is 1.90. The maximum absolute atomic E-state index is 13.3. The number of sulfone groups is 1. The average Bonchev–Trinajstić information content (AvgIpc) is 2.77. The van der Waals surface area contributed by atoms with Crippen LogP contribution in [-0.4, -0.2) is 67.5 Å². The molecule has 3 rings (SSSR count). The van der Waals surface area contributed by atoms with Gasteiger partial charge in [-0.1, -0.05) is 35.9 Å². The van der Waals surface area contributed by atoms with Gasteiger partial charge in [0.2, 0.25) is 21.1 Å². The molecule has 1 aliphatic heterocycles. The van der Waals surface area contributed by atoms with E-state index in [1.165, 1.54) is 24.0 Å². The molecule has 0 spiro atoms. The molecule has 0 bridgehead atoms. The van der Waals surface area contributed by atoms with E-state index in [-0.39, 0.29) is 29.5 Å². The molecule has 0 saturated carbocycles. The van der Waals surface area contributed by atoms with Crippen molar-refractivity contribution >= 4 is 27.6 Å². The number of carbonyl (C=O) groups excluding carboxylic acids is 3. The van der Waals surface area contributed by atoms with E-state index in [1.54, 1.807) is 47.4 Å². The van der Waals surface area contributed by atoms with E-state index in [4.69, 9.17) is 0 Å². The first-order chi connectivity index (χ1) is 14.7. The molecule has 31 heavy (non-hydrogen) atoms. The number of hydrogen-bond acceptors (Lipinski definition) is 5. The van der Waals surface area contributed by atoms with Crippen LogP contribution in [0.2, 0.25) is 0 Å². The van der Waals surface area contributed by atoms with Crippen molar-refractivity contribution in [2.75, 3.05) is 26.2 Å². The Morgan fingerprint density at radius 3 is 1.97 bits per heavy atom. The zero-order valence-electron chi connectivity index (χ0n) is 17.4. The fourth-order valence-corrected chi connectivity index (χ4v) is 4.80. The molecule has 3 amide bonds. The third-order valence-electron chi connectivity index (χ3n) is 5.22. The quantitative estimate of drug-likeness (QED) is 0.748. The van der Waals surface area contributed by atoms with Crippen molar-refractivity contribution in [1.82, 2.24) is 15.1 Å². The summed E-state index contributed by atoms with van der Waals surface area (Å²) in [6.45, 7) is 4.28. The van der Waals surface area contributed by atoms with Gasteiger partial charge in [0.05, 0.1) is 4.90 Å². The number of piperazine rings is 1. The topological polar surface area (TPSA) is 104 Å². The number of rotatable bonds is 5. The van der Waals surface area contributed by atoms with Crippen LogP contribution in [0.25, 0.3) is 0 Å². The third-order valence-corrected chi connectivity index (χ3v) is 7.09. The summed E-state index contributed by atoms with van der Waals surface area (Å²) in [7, 11) is -4.20. The lowest BCUT2D eigenvalue weighted by Crippen LogP contribution is -2.57. The van der Waals surface area contributed by atoms with Gasteiger partial charge in [-0.2, -0.15) is 0 Å².